The second kappa shape index (κ2) is 4.69. The second-order valence-corrected chi connectivity index (χ2v) is 6.10. The molecule has 1 heterocycles. The summed E-state index contributed by atoms with van der Waals surface area (Å²) in [5, 5.41) is 9.86. The first-order chi connectivity index (χ1) is 8.74. The number of thioether (sulfide) groups is 1. The van der Waals surface area contributed by atoms with Gasteiger partial charge in [-0.2, -0.15) is 0 Å². The molecule has 92 valence electrons. The molecule has 0 aromatic heterocycles. The molecule has 2 atom stereocenters. The lowest BCUT2D eigenvalue weighted by atomic mass is 9.93. The second-order valence-electron chi connectivity index (χ2n) is 4.92. The first kappa shape index (κ1) is 11.7. The van der Waals surface area contributed by atoms with Gasteiger partial charge in [0, 0.05) is 10.1 Å². The van der Waals surface area contributed by atoms with E-state index in [1.54, 1.807) is 12.1 Å². The van der Waals surface area contributed by atoms with Crippen molar-refractivity contribution < 1.29 is 5.11 Å². The van der Waals surface area contributed by atoms with E-state index in [4.69, 9.17) is 0 Å². The number of fused-ring (bicyclic) bond motifs is 1. The Balaban J connectivity index is 1.93. The zero-order chi connectivity index (χ0) is 12.5. The number of hydrogen-bond acceptors (Lipinski definition) is 2. The predicted molar refractivity (Wildman–Crippen MR) is 76.0 cm³/mol. The highest BCUT2D eigenvalue weighted by atomic mass is 32.2. The van der Waals surface area contributed by atoms with Crippen LogP contribution in [0.4, 0.5) is 0 Å². The smallest absolute Gasteiger partial charge is 0.115 e. The largest absolute Gasteiger partial charge is 0.508 e. The Hall–Kier alpha value is -1.41. The van der Waals surface area contributed by atoms with Crippen molar-refractivity contribution in [3.63, 3.8) is 0 Å². The summed E-state index contributed by atoms with van der Waals surface area (Å²) >= 11 is 1.94. The van der Waals surface area contributed by atoms with Gasteiger partial charge in [-0.05, 0) is 41.7 Å². The van der Waals surface area contributed by atoms with Gasteiger partial charge in [0.2, 0.25) is 0 Å². The van der Waals surface area contributed by atoms with E-state index in [-0.39, 0.29) is 0 Å². The van der Waals surface area contributed by atoms with Gasteiger partial charge in [-0.25, -0.2) is 0 Å². The van der Waals surface area contributed by atoms with Gasteiger partial charge >= 0.3 is 0 Å². The molecular formula is C16H16OS. The molecule has 0 spiro atoms. The van der Waals surface area contributed by atoms with Crippen molar-refractivity contribution in [2.75, 3.05) is 0 Å². The molecule has 2 unspecified atom stereocenters. The van der Waals surface area contributed by atoms with E-state index >= 15 is 0 Å². The van der Waals surface area contributed by atoms with Crippen LogP contribution in [0.25, 0.3) is 0 Å². The Kier molecular flexibility index (Phi) is 3.04. The molecule has 18 heavy (non-hydrogen) atoms. The van der Waals surface area contributed by atoms with Gasteiger partial charge in [-0.3, -0.25) is 0 Å². The fourth-order valence-corrected chi connectivity index (χ4v) is 3.91. The van der Waals surface area contributed by atoms with Crippen LogP contribution in [0.1, 0.15) is 23.3 Å². The lowest BCUT2D eigenvalue weighted by Crippen LogP contribution is -2.14. The fourth-order valence-electron chi connectivity index (χ4n) is 2.55. The molecule has 1 N–H and O–H groups in total. The van der Waals surface area contributed by atoms with Crippen LogP contribution in [0, 0.1) is 5.92 Å². The van der Waals surface area contributed by atoms with Gasteiger partial charge in [0.15, 0.2) is 0 Å². The molecule has 1 aliphatic heterocycles. The Morgan fingerprint density at radius 1 is 1.06 bits per heavy atom. The topological polar surface area (TPSA) is 20.2 Å². The molecule has 0 saturated heterocycles. The Labute approximate surface area is 112 Å². The van der Waals surface area contributed by atoms with E-state index in [1.165, 1.54) is 16.0 Å². The molecule has 2 aromatic carbocycles. The molecule has 0 saturated carbocycles. The fraction of sp³-hybridized carbons (Fsp3) is 0.250. The molecule has 1 nitrogen and oxygen atoms in total. The summed E-state index contributed by atoms with van der Waals surface area (Å²) in [6.07, 6.45) is 1.13. The van der Waals surface area contributed by atoms with Crippen LogP contribution in [0.5, 0.6) is 5.75 Å². The minimum atomic E-state index is 0.340. The van der Waals surface area contributed by atoms with E-state index < -0.39 is 0 Å². The predicted octanol–water partition coefficient (Wildman–Crippen LogP) is 4.42. The minimum absolute atomic E-state index is 0.340. The molecule has 1 aliphatic rings. The van der Waals surface area contributed by atoms with E-state index in [2.05, 4.69) is 31.2 Å². The molecule has 0 aliphatic carbocycles. The maximum atomic E-state index is 9.37. The molecule has 0 fully saturated rings. The van der Waals surface area contributed by atoms with Crippen LogP contribution in [0.15, 0.2) is 53.4 Å². The van der Waals surface area contributed by atoms with Crippen molar-refractivity contribution in [1.82, 2.24) is 0 Å². The van der Waals surface area contributed by atoms with Crippen molar-refractivity contribution in [2.24, 2.45) is 5.92 Å². The zero-order valence-electron chi connectivity index (χ0n) is 10.3. The van der Waals surface area contributed by atoms with Gasteiger partial charge in [0.05, 0.1) is 0 Å². The number of benzene rings is 2. The van der Waals surface area contributed by atoms with Gasteiger partial charge < -0.3 is 5.11 Å². The van der Waals surface area contributed by atoms with Crippen LogP contribution in [-0.2, 0) is 6.42 Å². The number of rotatable bonds is 1. The van der Waals surface area contributed by atoms with Crippen LogP contribution < -0.4 is 0 Å². The van der Waals surface area contributed by atoms with Crippen LogP contribution in [0.2, 0.25) is 0 Å². The number of hydrogen-bond donors (Lipinski definition) is 1. The highest BCUT2D eigenvalue weighted by Crippen LogP contribution is 2.47. The number of phenols is 1. The molecule has 3 rings (SSSR count). The highest BCUT2D eigenvalue weighted by Gasteiger charge is 2.26. The Morgan fingerprint density at radius 3 is 2.56 bits per heavy atom. The quantitative estimate of drug-likeness (QED) is 0.815. The first-order valence-electron chi connectivity index (χ1n) is 6.27. The van der Waals surface area contributed by atoms with E-state index in [0.29, 0.717) is 16.9 Å². The van der Waals surface area contributed by atoms with E-state index in [9.17, 15) is 5.11 Å². The Morgan fingerprint density at radius 2 is 1.78 bits per heavy atom. The average molecular weight is 256 g/mol. The van der Waals surface area contributed by atoms with Crippen molar-refractivity contribution in [2.45, 2.75) is 23.5 Å². The van der Waals surface area contributed by atoms with Gasteiger partial charge in [-0.15, -0.1) is 11.8 Å². The van der Waals surface area contributed by atoms with Gasteiger partial charge in [0.25, 0.3) is 0 Å². The highest BCUT2D eigenvalue weighted by molar-refractivity contribution is 7.99. The van der Waals surface area contributed by atoms with Crippen LogP contribution >= 0.6 is 11.8 Å². The summed E-state index contributed by atoms with van der Waals surface area (Å²) in [7, 11) is 0. The maximum Gasteiger partial charge on any atom is 0.115 e. The zero-order valence-corrected chi connectivity index (χ0v) is 11.2. The van der Waals surface area contributed by atoms with Crippen molar-refractivity contribution in [3.8, 4) is 5.75 Å². The van der Waals surface area contributed by atoms with Gasteiger partial charge in [0.1, 0.15) is 5.75 Å². The third-order valence-corrected chi connectivity index (χ3v) is 5.15. The van der Waals surface area contributed by atoms with Crippen molar-refractivity contribution >= 4 is 11.8 Å². The summed E-state index contributed by atoms with van der Waals surface area (Å²) < 4.78 is 0. The molecule has 0 radical (unpaired) electrons. The lowest BCUT2D eigenvalue weighted by Gasteiger charge is -2.30. The SMILES string of the molecule is CC1Cc2ccccc2SC1c1ccc(O)cc1. The van der Waals surface area contributed by atoms with E-state index in [0.717, 1.165) is 6.42 Å². The van der Waals surface area contributed by atoms with Gasteiger partial charge in [-0.1, -0.05) is 37.3 Å². The molecule has 2 heteroatoms. The van der Waals surface area contributed by atoms with Crippen LogP contribution in [0.3, 0.4) is 0 Å². The average Bonchev–Trinajstić information content (AvgIpc) is 2.39. The molecule has 0 amide bonds. The maximum absolute atomic E-state index is 9.37. The monoisotopic (exact) mass is 256 g/mol. The standard InChI is InChI=1S/C16H16OS/c1-11-10-13-4-2-3-5-15(13)18-16(11)12-6-8-14(17)9-7-12/h2-9,11,16-17H,10H2,1H3. The van der Waals surface area contributed by atoms with Crippen LogP contribution in [-0.4, -0.2) is 5.11 Å². The molecular weight excluding hydrogens is 240 g/mol. The summed E-state index contributed by atoms with van der Waals surface area (Å²) in [5.74, 6) is 0.960. The lowest BCUT2D eigenvalue weighted by molar-refractivity contribution is 0.474. The van der Waals surface area contributed by atoms with Crippen molar-refractivity contribution in [1.29, 1.82) is 0 Å². The molecule has 2 aromatic rings. The number of phenolic OH excluding ortho intramolecular Hbond substituents is 1. The first-order valence-corrected chi connectivity index (χ1v) is 7.15. The third-order valence-electron chi connectivity index (χ3n) is 3.51. The van der Waals surface area contributed by atoms with E-state index in [1.807, 2.05) is 23.9 Å². The Bertz CT molecular complexity index is 547. The molecule has 0 bridgehead atoms. The summed E-state index contributed by atoms with van der Waals surface area (Å²) in [6, 6.07) is 16.3. The normalized spacial score (nSPS) is 22.5. The van der Waals surface area contributed by atoms with Crippen molar-refractivity contribution in [3.05, 3.63) is 59.7 Å². The third kappa shape index (κ3) is 2.13. The summed E-state index contributed by atoms with van der Waals surface area (Å²) in [4.78, 5) is 1.40. The summed E-state index contributed by atoms with van der Waals surface area (Å²) in [5.41, 5.74) is 2.77. The number of aromatic hydroxyl groups is 1. The summed E-state index contributed by atoms with van der Waals surface area (Å²) in [6.45, 7) is 2.31. The minimum Gasteiger partial charge on any atom is -0.508 e.